The number of ether oxygens (including phenoxy) is 2. The van der Waals surface area contributed by atoms with Gasteiger partial charge in [0.25, 0.3) is 0 Å². The van der Waals surface area contributed by atoms with Crippen molar-refractivity contribution in [2.24, 2.45) is 0 Å². The second kappa shape index (κ2) is 5.13. The van der Waals surface area contributed by atoms with Crippen molar-refractivity contribution < 1.29 is 9.47 Å². The van der Waals surface area contributed by atoms with Crippen LogP contribution in [0.15, 0.2) is 36.4 Å². The summed E-state index contributed by atoms with van der Waals surface area (Å²) in [5.74, 6) is 1.84. The lowest BCUT2D eigenvalue weighted by Crippen LogP contribution is -1.90. The van der Waals surface area contributed by atoms with Crippen LogP contribution in [0.1, 0.15) is 11.1 Å². The second-order valence-corrected chi connectivity index (χ2v) is 4.37. The van der Waals surface area contributed by atoms with Crippen molar-refractivity contribution in [2.75, 3.05) is 14.2 Å². The third kappa shape index (κ3) is 2.33. The molecule has 0 bridgehead atoms. The van der Waals surface area contributed by atoms with Crippen molar-refractivity contribution in [1.82, 2.24) is 0 Å². The van der Waals surface area contributed by atoms with Crippen LogP contribution in [0.5, 0.6) is 11.5 Å². The lowest BCUT2D eigenvalue weighted by Gasteiger charge is -2.10. The van der Waals surface area contributed by atoms with Crippen LogP contribution in [-0.2, 0) is 0 Å². The molecule has 2 aromatic carbocycles. The topological polar surface area (TPSA) is 18.5 Å². The minimum absolute atomic E-state index is 0.920. The molecule has 2 rings (SSSR count). The molecule has 0 N–H and O–H groups in total. The molecule has 0 saturated heterocycles. The number of aryl methyl sites for hydroxylation is 2. The zero-order chi connectivity index (χ0) is 13.1. The first-order valence-corrected chi connectivity index (χ1v) is 5.95. The van der Waals surface area contributed by atoms with Crippen LogP contribution in [0.25, 0.3) is 11.1 Å². The van der Waals surface area contributed by atoms with E-state index < -0.39 is 0 Å². The van der Waals surface area contributed by atoms with E-state index in [0.717, 1.165) is 22.6 Å². The maximum atomic E-state index is 5.28. The van der Waals surface area contributed by atoms with Gasteiger partial charge in [0.15, 0.2) is 0 Å². The molecule has 94 valence electrons. The van der Waals surface area contributed by atoms with Gasteiger partial charge in [-0.2, -0.15) is 0 Å². The van der Waals surface area contributed by atoms with E-state index in [2.05, 4.69) is 38.1 Å². The molecule has 0 unspecified atom stereocenters. The van der Waals surface area contributed by atoms with Gasteiger partial charge in [0, 0.05) is 0 Å². The highest BCUT2D eigenvalue weighted by atomic mass is 16.5. The molecule has 0 saturated carbocycles. The summed E-state index contributed by atoms with van der Waals surface area (Å²) < 4.78 is 10.6. The highest BCUT2D eigenvalue weighted by molar-refractivity contribution is 5.67. The number of benzene rings is 2. The van der Waals surface area contributed by atoms with E-state index >= 15 is 0 Å². The average Bonchev–Trinajstić information content (AvgIpc) is 2.38. The third-order valence-electron chi connectivity index (χ3n) is 3.12. The Hall–Kier alpha value is -1.96. The van der Waals surface area contributed by atoms with E-state index in [9.17, 15) is 0 Å². The normalized spacial score (nSPS) is 10.2. The first kappa shape index (κ1) is 12.5. The molecule has 0 aromatic heterocycles. The predicted octanol–water partition coefficient (Wildman–Crippen LogP) is 3.99. The summed E-state index contributed by atoms with van der Waals surface area (Å²) in [6.07, 6.45) is 0. The molecule has 2 heteroatoms. The van der Waals surface area contributed by atoms with Crippen molar-refractivity contribution in [3.8, 4) is 22.6 Å². The van der Waals surface area contributed by atoms with Crippen molar-refractivity contribution in [3.63, 3.8) is 0 Å². The second-order valence-electron chi connectivity index (χ2n) is 4.37. The van der Waals surface area contributed by atoms with E-state index in [1.54, 1.807) is 14.2 Å². The third-order valence-corrected chi connectivity index (χ3v) is 3.12. The fraction of sp³-hybridized carbons (Fsp3) is 0.250. The van der Waals surface area contributed by atoms with E-state index in [4.69, 9.17) is 9.47 Å². The van der Waals surface area contributed by atoms with Crippen LogP contribution >= 0.6 is 0 Å². The van der Waals surface area contributed by atoms with Gasteiger partial charge in [0.2, 0.25) is 0 Å². The average molecular weight is 242 g/mol. The minimum Gasteiger partial charge on any atom is -0.496 e. The minimum atomic E-state index is 0.920. The summed E-state index contributed by atoms with van der Waals surface area (Å²) in [5.41, 5.74) is 4.67. The van der Waals surface area contributed by atoms with Gasteiger partial charge in [0.1, 0.15) is 11.5 Å². The molecule has 18 heavy (non-hydrogen) atoms. The Labute approximate surface area is 108 Å². The predicted molar refractivity (Wildman–Crippen MR) is 74.5 cm³/mol. The molecule has 0 aliphatic heterocycles. The maximum Gasteiger partial charge on any atom is 0.121 e. The van der Waals surface area contributed by atoms with Crippen LogP contribution in [0.3, 0.4) is 0 Å². The highest BCUT2D eigenvalue weighted by Gasteiger charge is 2.04. The first-order valence-electron chi connectivity index (χ1n) is 5.95. The van der Waals surface area contributed by atoms with Crippen LogP contribution < -0.4 is 9.47 Å². The fourth-order valence-corrected chi connectivity index (χ4v) is 2.12. The van der Waals surface area contributed by atoms with Crippen LogP contribution in [0.2, 0.25) is 0 Å². The standard InChI is InChI=1S/C16H18O2/c1-11-9-13(5-7-15(11)17-3)14-6-8-16(18-4)12(2)10-14/h5-10H,1-4H3. The van der Waals surface area contributed by atoms with E-state index in [0.29, 0.717) is 0 Å². The van der Waals surface area contributed by atoms with Crippen molar-refractivity contribution in [2.45, 2.75) is 13.8 Å². The number of hydrogen-bond donors (Lipinski definition) is 0. The number of hydrogen-bond acceptors (Lipinski definition) is 2. The Balaban J connectivity index is 2.42. The van der Waals surface area contributed by atoms with Gasteiger partial charge in [-0.15, -0.1) is 0 Å². The van der Waals surface area contributed by atoms with Crippen molar-refractivity contribution in [3.05, 3.63) is 47.5 Å². The molecular formula is C16H18O2. The molecule has 0 aliphatic rings. The first-order chi connectivity index (χ1) is 8.65. The lowest BCUT2D eigenvalue weighted by molar-refractivity contribution is 0.411. The summed E-state index contributed by atoms with van der Waals surface area (Å²) in [6.45, 7) is 4.11. The number of rotatable bonds is 3. The van der Waals surface area contributed by atoms with E-state index in [1.807, 2.05) is 12.1 Å². The molecule has 0 fully saturated rings. The Kier molecular flexibility index (Phi) is 3.56. The quantitative estimate of drug-likeness (QED) is 0.810. The van der Waals surface area contributed by atoms with Gasteiger partial charge in [-0.05, 0) is 60.4 Å². The largest absolute Gasteiger partial charge is 0.496 e. The molecule has 2 nitrogen and oxygen atoms in total. The monoisotopic (exact) mass is 242 g/mol. The zero-order valence-corrected chi connectivity index (χ0v) is 11.3. The molecular weight excluding hydrogens is 224 g/mol. The van der Waals surface area contributed by atoms with Crippen LogP contribution in [0, 0.1) is 13.8 Å². The summed E-state index contributed by atoms with van der Waals surface area (Å²) in [5, 5.41) is 0. The van der Waals surface area contributed by atoms with E-state index in [-0.39, 0.29) is 0 Å². The molecule has 0 spiro atoms. The van der Waals surface area contributed by atoms with Crippen molar-refractivity contribution in [1.29, 1.82) is 0 Å². The highest BCUT2D eigenvalue weighted by Crippen LogP contribution is 2.29. The van der Waals surface area contributed by atoms with Gasteiger partial charge >= 0.3 is 0 Å². The van der Waals surface area contributed by atoms with Gasteiger partial charge in [0.05, 0.1) is 14.2 Å². The summed E-state index contributed by atoms with van der Waals surface area (Å²) in [6, 6.07) is 12.4. The smallest absolute Gasteiger partial charge is 0.121 e. The van der Waals surface area contributed by atoms with Gasteiger partial charge in [-0.25, -0.2) is 0 Å². The molecule has 0 atom stereocenters. The maximum absolute atomic E-state index is 5.28. The zero-order valence-electron chi connectivity index (χ0n) is 11.3. The Morgan fingerprint density at radius 1 is 0.667 bits per heavy atom. The Bertz CT molecular complexity index is 508. The SMILES string of the molecule is COc1ccc(-c2ccc(OC)c(C)c2)cc1C. The van der Waals surface area contributed by atoms with E-state index in [1.165, 1.54) is 11.1 Å². The summed E-state index contributed by atoms with van der Waals surface area (Å²) in [4.78, 5) is 0. The Morgan fingerprint density at radius 3 is 1.33 bits per heavy atom. The van der Waals surface area contributed by atoms with Gasteiger partial charge < -0.3 is 9.47 Å². The molecule has 0 radical (unpaired) electrons. The van der Waals surface area contributed by atoms with Gasteiger partial charge in [-0.1, -0.05) is 12.1 Å². The molecule has 2 aromatic rings. The van der Waals surface area contributed by atoms with Crippen LogP contribution in [0.4, 0.5) is 0 Å². The summed E-state index contributed by atoms with van der Waals surface area (Å²) >= 11 is 0. The van der Waals surface area contributed by atoms with Crippen molar-refractivity contribution >= 4 is 0 Å². The molecule has 0 amide bonds. The van der Waals surface area contributed by atoms with Crippen LogP contribution in [-0.4, -0.2) is 14.2 Å². The fourth-order valence-electron chi connectivity index (χ4n) is 2.12. The number of methoxy groups -OCH3 is 2. The summed E-state index contributed by atoms with van der Waals surface area (Å²) in [7, 11) is 3.39. The molecule has 0 aliphatic carbocycles. The Morgan fingerprint density at radius 2 is 1.06 bits per heavy atom. The molecule has 0 heterocycles. The lowest BCUT2D eigenvalue weighted by atomic mass is 10.0. The van der Waals surface area contributed by atoms with Gasteiger partial charge in [-0.3, -0.25) is 0 Å².